The van der Waals surface area contributed by atoms with Crippen molar-refractivity contribution in [2.24, 2.45) is 0 Å². The van der Waals surface area contributed by atoms with Crippen LogP contribution in [0.3, 0.4) is 0 Å². The molecule has 0 aliphatic carbocycles. The quantitative estimate of drug-likeness (QED) is 0.0214. The van der Waals surface area contributed by atoms with Gasteiger partial charge in [-0.2, -0.15) is 0 Å². The van der Waals surface area contributed by atoms with Crippen molar-refractivity contribution in [1.29, 1.82) is 0 Å². The molecule has 0 fully saturated rings. The Kier molecular flexibility index (Phi) is 39.8. The number of rotatable bonds is 39. The van der Waals surface area contributed by atoms with E-state index in [1.165, 1.54) is 0 Å². The first-order valence-electron chi connectivity index (χ1n) is 22.9. The van der Waals surface area contributed by atoms with E-state index < -0.39 is 32.5 Å². The molecule has 0 amide bonds. The highest BCUT2D eigenvalue weighted by Crippen LogP contribution is 2.43. The number of likely N-dealkylation sites (N-methyl/N-ethyl adjacent to an activating group) is 1. The minimum Gasteiger partial charge on any atom is -0.462 e. The number of allylic oxidation sites excluding steroid dienone is 22. The number of unbranched alkanes of at least 4 members (excludes halogenated alkanes) is 3. The van der Waals surface area contributed by atoms with Crippen LogP contribution in [0.5, 0.6) is 0 Å². The van der Waals surface area contributed by atoms with Crippen molar-refractivity contribution in [2.75, 3.05) is 47.5 Å². The summed E-state index contributed by atoms with van der Waals surface area (Å²) in [5.74, 6) is -0.934. The van der Waals surface area contributed by atoms with Crippen molar-refractivity contribution in [1.82, 2.24) is 0 Å². The lowest BCUT2D eigenvalue weighted by Crippen LogP contribution is -2.37. The van der Waals surface area contributed by atoms with Crippen LogP contribution in [0, 0.1) is 0 Å². The molecule has 1 N–H and O–H groups in total. The van der Waals surface area contributed by atoms with Crippen LogP contribution in [-0.4, -0.2) is 74.9 Å². The lowest BCUT2D eigenvalue weighted by atomic mass is 10.2. The minimum atomic E-state index is -4.41. The molecule has 0 rings (SSSR count). The second kappa shape index (κ2) is 42.5. The molecule has 0 spiro atoms. The third kappa shape index (κ3) is 45.7. The number of phosphoric ester groups is 1. The average molecular weight is 881 g/mol. The van der Waals surface area contributed by atoms with Crippen molar-refractivity contribution in [2.45, 2.75) is 136 Å². The number of phosphoric acid groups is 1. The van der Waals surface area contributed by atoms with Gasteiger partial charge in [-0.25, -0.2) is 4.57 Å². The molecule has 0 aliphatic rings. The van der Waals surface area contributed by atoms with E-state index in [0.717, 1.165) is 83.5 Å². The minimum absolute atomic E-state index is 0.00520. The van der Waals surface area contributed by atoms with E-state index in [-0.39, 0.29) is 26.1 Å². The predicted octanol–water partition coefficient (Wildman–Crippen LogP) is 13.5. The monoisotopic (exact) mass is 881 g/mol. The summed E-state index contributed by atoms with van der Waals surface area (Å²) in [5.41, 5.74) is 0. The maximum atomic E-state index is 12.7. The third-order valence-corrected chi connectivity index (χ3v) is 9.66. The summed E-state index contributed by atoms with van der Waals surface area (Å²) >= 11 is 0. The highest BCUT2D eigenvalue weighted by Gasteiger charge is 2.27. The van der Waals surface area contributed by atoms with Crippen LogP contribution < -0.4 is 0 Å². The van der Waals surface area contributed by atoms with Gasteiger partial charge in [0.15, 0.2) is 6.10 Å². The zero-order valence-electron chi connectivity index (χ0n) is 39.0. The van der Waals surface area contributed by atoms with Crippen molar-refractivity contribution in [3.05, 3.63) is 134 Å². The second-order valence-corrected chi connectivity index (χ2v) is 17.1. The van der Waals surface area contributed by atoms with Crippen LogP contribution in [0.2, 0.25) is 0 Å². The molecular formula is C52H83NO8P+. The van der Waals surface area contributed by atoms with Gasteiger partial charge in [0.05, 0.1) is 27.7 Å². The van der Waals surface area contributed by atoms with Crippen molar-refractivity contribution in [3.8, 4) is 0 Å². The summed E-state index contributed by atoms with van der Waals surface area (Å²) in [4.78, 5) is 35.4. The topological polar surface area (TPSA) is 108 Å². The molecule has 0 bridgehead atoms. The average Bonchev–Trinajstić information content (AvgIpc) is 3.23. The Morgan fingerprint density at radius 3 is 1.27 bits per heavy atom. The molecule has 0 aromatic rings. The summed E-state index contributed by atoms with van der Waals surface area (Å²) in [7, 11) is 1.39. The number of hydrogen-bond donors (Lipinski definition) is 1. The van der Waals surface area contributed by atoms with E-state index in [9.17, 15) is 19.0 Å². The van der Waals surface area contributed by atoms with E-state index in [2.05, 4.69) is 141 Å². The highest BCUT2D eigenvalue weighted by molar-refractivity contribution is 7.47. The molecule has 0 saturated carbocycles. The molecule has 348 valence electrons. The summed E-state index contributed by atoms with van der Waals surface area (Å²) in [5, 5.41) is 0. The summed E-state index contributed by atoms with van der Waals surface area (Å²) in [6, 6.07) is 0. The molecule has 0 saturated heterocycles. The summed E-state index contributed by atoms with van der Waals surface area (Å²) in [6.45, 7) is 4.03. The fourth-order valence-electron chi connectivity index (χ4n) is 5.17. The van der Waals surface area contributed by atoms with E-state index in [1.54, 1.807) is 0 Å². The Balaban J connectivity index is 4.53. The van der Waals surface area contributed by atoms with Crippen LogP contribution in [0.15, 0.2) is 134 Å². The fourth-order valence-corrected chi connectivity index (χ4v) is 5.91. The number of esters is 2. The molecule has 2 unspecified atom stereocenters. The van der Waals surface area contributed by atoms with Crippen molar-refractivity contribution >= 4 is 19.8 Å². The van der Waals surface area contributed by atoms with Crippen LogP contribution in [-0.2, 0) is 32.7 Å². The Bertz CT molecular complexity index is 1510. The van der Waals surface area contributed by atoms with Crippen molar-refractivity contribution in [3.63, 3.8) is 0 Å². The van der Waals surface area contributed by atoms with Gasteiger partial charge in [0.1, 0.15) is 19.8 Å². The number of quaternary nitrogens is 1. The van der Waals surface area contributed by atoms with Gasteiger partial charge in [-0.05, 0) is 103 Å². The SMILES string of the molecule is CC/C=C\C/C=C\C/C=C\C/C=C\C/C=C\C/C=C\C/C=C\CCCC(=O)OC(COC(=O)CCCC/C=C\C/C=C\C/C=C\C/C=C\CC)COP(=O)(O)OCC[N+](C)(C)C. The Morgan fingerprint density at radius 1 is 0.500 bits per heavy atom. The van der Waals surface area contributed by atoms with Gasteiger partial charge in [0, 0.05) is 12.8 Å². The van der Waals surface area contributed by atoms with Gasteiger partial charge in [0.25, 0.3) is 0 Å². The number of nitrogens with zero attached hydrogens (tertiary/aromatic N) is 1. The molecule has 0 heterocycles. The molecule has 0 aromatic heterocycles. The van der Waals surface area contributed by atoms with Crippen LogP contribution in [0.1, 0.15) is 129 Å². The molecule has 9 nitrogen and oxygen atoms in total. The van der Waals surface area contributed by atoms with E-state index in [4.69, 9.17) is 18.5 Å². The first-order valence-corrected chi connectivity index (χ1v) is 24.4. The zero-order chi connectivity index (χ0) is 45.7. The van der Waals surface area contributed by atoms with Crippen LogP contribution in [0.25, 0.3) is 0 Å². The molecule has 0 radical (unpaired) electrons. The second-order valence-electron chi connectivity index (χ2n) is 15.7. The first-order chi connectivity index (χ1) is 30.0. The van der Waals surface area contributed by atoms with Gasteiger partial charge in [0.2, 0.25) is 0 Å². The summed E-state index contributed by atoms with van der Waals surface area (Å²) < 4.78 is 34.2. The molecule has 10 heteroatoms. The van der Waals surface area contributed by atoms with Gasteiger partial charge >= 0.3 is 19.8 Å². The predicted molar refractivity (Wildman–Crippen MR) is 260 cm³/mol. The Labute approximate surface area is 377 Å². The molecule has 2 atom stereocenters. The first kappa shape index (κ1) is 58.1. The van der Waals surface area contributed by atoms with E-state index in [0.29, 0.717) is 30.3 Å². The number of carbonyl (C=O) groups excluding carboxylic acids is 2. The standard InChI is InChI=1S/C52H82NO8P/c1-6-8-10-12-14-16-18-20-22-23-24-25-26-27-28-29-31-33-35-37-39-41-43-45-52(55)61-50(49-60-62(56,57)59-47-46-53(3,4)5)48-58-51(54)44-42-40-38-36-34-32-30-21-19-17-15-13-11-9-7-2/h8-11,14-17,20-22,24-25,27-28,30-31,33-34,36-37,39,50H,6-7,12-13,18-19,23,26,29,32,35,38,40-49H2,1-5H3/p+1/b10-8-,11-9-,16-14-,17-15-,22-20-,25-24-,28-27-,30-21-,33-31-,36-34-,39-37-. The lowest BCUT2D eigenvalue weighted by Gasteiger charge is -2.24. The van der Waals surface area contributed by atoms with Gasteiger partial charge in [-0.15, -0.1) is 0 Å². The van der Waals surface area contributed by atoms with Gasteiger partial charge < -0.3 is 18.9 Å². The maximum Gasteiger partial charge on any atom is 0.472 e. The Hall–Kier alpha value is -3.85. The molecular weight excluding hydrogens is 798 g/mol. The molecule has 0 aliphatic heterocycles. The Morgan fingerprint density at radius 2 is 0.871 bits per heavy atom. The lowest BCUT2D eigenvalue weighted by molar-refractivity contribution is -0.870. The normalized spacial score (nSPS) is 14.7. The zero-order valence-corrected chi connectivity index (χ0v) is 39.9. The number of carbonyl (C=O) groups is 2. The maximum absolute atomic E-state index is 12.7. The van der Waals surface area contributed by atoms with E-state index in [1.807, 2.05) is 27.2 Å². The largest absolute Gasteiger partial charge is 0.472 e. The van der Waals surface area contributed by atoms with Crippen LogP contribution in [0.4, 0.5) is 0 Å². The number of ether oxygens (including phenoxy) is 2. The molecule has 0 aromatic carbocycles. The van der Waals surface area contributed by atoms with Crippen LogP contribution >= 0.6 is 7.82 Å². The number of hydrogen-bond acceptors (Lipinski definition) is 7. The van der Waals surface area contributed by atoms with Crippen molar-refractivity contribution < 1.29 is 42.1 Å². The van der Waals surface area contributed by atoms with Gasteiger partial charge in [-0.3, -0.25) is 18.6 Å². The summed E-state index contributed by atoms with van der Waals surface area (Å²) in [6.07, 6.45) is 60.9. The smallest absolute Gasteiger partial charge is 0.462 e. The van der Waals surface area contributed by atoms with E-state index >= 15 is 0 Å². The highest BCUT2D eigenvalue weighted by atomic mass is 31.2. The fraction of sp³-hybridized carbons (Fsp3) is 0.538. The molecule has 62 heavy (non-hydrogen) atoms. The third-order valence-electron chi connectivity index (χ3n) is 8.68. The van der Waals surface area contributed by atoms with Gasteiger partial charge in [-0.1, -0.05) is 148 Å².